The van der Waals surface area contributed by atoms with Gasteiger partial charge in [0.15, 0.2) is 5.76 Å². The Balaban J connectivity index is 1.94. The number of aryl methyl sites for hydroxylation is 1. The highest BCUT2D eigenvalue weighted by atomic mass is 35.5. The van der Waals surface area contributed by atoms with Crippen molar-refractivity contribution < 1.29 is 9.32 Å². The molecule has 1 aliphatic rings. The molecule has 3 aromatic rings. The minimum Gasteiger partial charge on any atom is -0.358 e. The van der Waals surface area contributed by atoms with Crippen molar-refractivity contribution in [2.45, 2.75) is 40.2 Å². The van der Waals surface area contributed by atoms with Gasteiger partial charge < -0.3 is 4.52 Å². The summed E-state index contributed by atoms with van der Waals surface area (Å²) >= 11 is 6.10. The Morgan fingerprint density at radius 1 is 1.07 bits per heavy atom. The number of ketones is 1. The summed E-state index contributed by atoms with van der Waals surface area (Å²) in [6.45, 7) is 7.71. The van der Waals surface area contributed by atoms with Crippen molar-refractivity contribution in [2.24, 2.45) is 10.4 Å². The zero-order valence-corrected chi connectivity index (χ0v) is 17.7. The highest BCUT2D eigenvalue weighted by molar-refractivity contribution is 6.30. The molecule has 29 heavy (non-hydrogen) atoms. The quantitative estimate of drug-likeness (QED) is 0.520. The van der Waals surface area contributed by atoms with Crippen LogP contribution in [0.4, 0.5) is 0 Å². The van der Waals surface area contributed by atoms with Crippen LogP contribution in [0.5, 0.6) is 0 Å². The van der Waals surface area contributed by atoms with Gasteiger partial charge >= 0.3 is 0 Å². The summed E-state index contributed by atoms with van der Waals surface area (Å²) in [7, 11) is 0. The van der Waals surface area contributed by atoms with Crippen molar-refractivity contribution in [3.63, 3.8) is 0 Å². The lowest BCUT2D eigenvalue weighted by Crippen LogP contribution is -2.22. The minimum absolute atomic E-state index is 0.132. The molecule has 0 N–H and O–H groups in total. The highest BCUT2D eigenvalue weighted by Gasteiger charge is 2.33. The van der Waals surface area contributed by atoms with Crippen molar-refractivity contribution in [2.75, 3.05) is 0 Å². The average molecular weight is 407 g/mol. The third-order valence-corrected chi connectivity index (χ3v) is 5.51. The van der Waals surface area contributed by atoms with Gasteiger partial charge in [0, 0.05) is 28.0 Å². The number of Topliss-reactive ketones (excluding diaryl/α,β-unsaturated/α-hetero) is 1. The molecule has 0 bridgehead atoms. The lowest BCUT2D eigenvalue weighted by Gasteiger charge is -2.19. The predicted octanol–water partition coefficient (Wildman–Crippen LogP) is 6.20. The Hall–Kier alpha value is -2.72. The zero-order chi connectivity index (χ0) is 20.8. The van der Waals surface area contributed by atoms with Crippen LogP contribution in [0.1, 0.15) is 55.8 Å². The number of aliphatic imine (C=N–C) groups is 1. The number of carbonyl (C=O) groups is 1. The molecule has 148 valence electrons. The smallest absolute Gasteiger partial charge is 0.169 e. The van der Waals surface area contributed by atoms with Gasteiger partial charge in [0.05, 0.1) is 17.0 Å². The van der Waals surface area contributed by atoms with E-state index in [4.69, 9.17) is 21.1 Å². The SMILES string of the molecule is Cc1noc2c1-c1ccccc1C(c1ccc(Cl)cc1)=N[C@H]2CC(=O)C(C)(C)C. The maximum Gasteiger partial charge on any atom is 0.169 e. The van der Waals surface area contributed by atoms with Crippen LogP contribution in [-0.2, 0) is 4.79 Å². The fourth-order valence-electron chi connectivity index (χ4n) is 3.59. The number of hydrogen-bond acceptors (Lipinski definition) is 4. The summed E-state index contributed by atoms with van der Waals surface area (Å²) in [5.74, 6) is 0.782. The second-order valence-electron chi connectivity index (χ2n) is 8.43. The van der Waals surface area contributed by atoms with Gasteiger partial charge in [0.25, 0.3) is 0 Å². The van der Waals surface area contributed by atoms with Crippen LogP contribution in [0.3, 0.4) is 0 Å². The molecule has 2 aromatic carbocycles. The monoisotopic (exact) mass is 406 g/mol. The first-order valence-corrected chi connectivity index (χ1v) is 10.1. The average Bonchev–Trinajstić information content (AvgIpc) is 3.00. The van der Waals surface area contributed by atoms with Crippen molar-refractivity contribution >= 4 is 23.1 Å². The van der Waals surface area contributed by atoms with Gasteiger partial charge in [-0.25, -0.2) is 0 Å². The van der Waals surface area contributed by atoms with Gasteiger partial charge in [-0.15, -0.1) is 0 Å². The number of aromatic nitrogens is 1. The molecule has 0 amide bonds. The highest BCUT2D eigenvalue weighted by Crippen LogP contribution is 2.41. The normalized spacial score (nSPS) is 15.9. The zero-order valence-electron chi connectivity index (χ0n) is 17.0. The summed E-state index contributed by atoms with van der Waals surface area (Å²) in [4.78, 5) is 17.9. The Labute approximate surface area is 175 Å². The van der Waals surface area contributed by atoms with Crippen LogP contribution in [-0.4, -0.2) is 16.7 Å². The molecule has 1 aromatic heterocycles. The maximum absolute atomic E-state index is 12.9. The van der Waals surface area contributed by atoms with Crippen LogP contribution in [0.15, 0.2) is 58.0 Å². The van der Waals surface area contributed by atoms with Crippen molar-refractivity contribution in [1.82, 2.24) is 5.16 Å². The Morgan fingerprint density at radius 3 is 2.38 bits per heavy atom. The number of hydrogen-bond donors (Lipinski definition) is 0. The van der Waals surface area contributed by atoms with Gasteiger partial charge in [0.1, 0.15) is 11.8 Å². The maximum atomic E-state index is 12.9. The molecule has 0 saturated heterocycles. The molecule has 1 aliphatic heterocycles. The first-order chi connectivity index (χ1) is 13.8. The molecule has 0 radical (unpaired) electrons. The summed E-state index contributed by atoms with van der Waals surface area (Å²) in [6.07, 6.45) is 0.260. The minimum atomic E-state index is -0.454. The molecule has 0 spiro atoms. The topological polar surface area (TPSA) is 55.5 Å². The van der Waals surface area contributed by atoms with Gasteiger partial charge in [-0.1, -0.05) is 73.9 Å². The summed E-state index contributed by atoms with van der Waals surface area (Å²) < 4.78 is 5.72. The van der Waals surface area contributed by atoms with E-state index < -0.39 is 11.5 Å². The second kappa shape index (κ2) is 7.27. The van der Waals surface area contributed by atoms with E-state index in [9.17, 15) is 4.79 Å². The van der Waals surface area contributed by atoms with Crippen LogP contribution in [0, 0.1) is 12.3 Å². The van der Waals surface area contributed by atoms with E-state index in [-0.39, 0.29) is 12.2 Å². The molecular formula is C24H23ClN2O2. The van der Waals surface area contributed by atoms with Gasteiger partial charge in [-0.05, 0) is 24.6 Å². The van der Waals surface area contributed by atoms with Crippen LogP contribution in [0.25, 0.3) is 11.1 Å². The van der Waals surface area contributed by atoms with E-state index in [1.54, 1.807) is 0 Å². The summed E-state index contributed by atoms with van der Waals surface area (Å²) in [5.41, 5.74) is 5.06. The van der Waals surface area contributed by atoms with E-state index in [0.717, 1.165) is 33.7 Å². The first kappa shape index (κ1) is 19.6. The van der Waals surface area contributed by atoms with E-state index in [0.29, 0.717) is 10.8 Å². The number of fused-ring (bicyclic) bond motifs is 3. The van der Waals surface area contributed by atoms with Crippen molar-refractivity contribution in [3.8, 4) is 11.1 Å². The second-order valence-corrected chi connectivity index (χ2v) is 8.87. The fraction of sp³-hybridized carbons (Fsp3) is 0.292. The lowest BCUT2D eigenvalue weighted by molar-refractivity contribution is -0.126. The molecule has 0 saturated carbocycles. The van der Waals surface area contributed by atoms with Crippen molar-refractivity contribution in [1.29, 1.82) is 0 Å². The van der Waals surface area contributed by atoms with Crippen LogP contribution < -0.4 is 0 Å². The summed E-state index contributed by atoms with van der Waals surface area (Å²) in [6, 6.07) is 15.3. The largest absolute Gasteiger partial charge is 0.358 e. The molecule has 1 atom stereocenters. The number of halogens is 1. The van der Waals surface area contributed by atoms with Crippen LogP contribution >= 0.6 is 11.6 Å². The van der Waals surface area contributed by atoms with Gasteiger partial charge in [-0.2, -0.15) is 0 Å². The molecule has 0 aliphatic carbocycles. The van der Waals surface area contributed by atoms with Gasteiger partial charge in [-0.3, -0.25) is 9.79 Å². The van der Waals surface area contributed by atoms with E-state index in [2.05, 4.69) is 11.2 Å². The number of carbonyl (C=O) groups excluding carboxylic acids is 1. The van der Waals surface area contributed by atoms with Crippen LogP contribution in [0.2, 0.25) is 5.02 Å². The Kier molecular flexibility index (Phi) is 4.91. The molecular weight excluding hydrogens is 384 g/mol. The fourth-order valence-corrected chi connectivity index (χ4v) is 3.72. The molecule has 4 nitrogen and oxygen atoms in total. The summed E-state index contributed by atoms with van der Waals surface area (Å²) in [5, 5.41) is 4.86. The Bertz CT molecular complexity index is 1100. The predicted molar refractivity (Wildman–Crippen MR) is 116 cm³/mol. The van der Waals surface area contributed by atoms with E-state index >= 15 is 0 Å². The van der Waals surface area contributed by atoms with E-state index in [1.165, 1.54) is 0 Å². The molecule has 5 heteroatoms. The van der Waals surface area contributed by atoms with Crippen molar-refractivity contribution in [3.05, 3.63) is 76.1 Å². The first-order valence-electron chi connectivity index (χ1n) is 9.68. The number of benzene rings is 2. The standard InChI is InChI=1S/C24H23ClN2O2/c1-14-21-17-7-5-6-8-18(17)22(15-9-11-16(25)12-10-15)26-19(23(21)29-27-14)13-20(28)24(2,3)4/h5-12,19H,13H2,1-4H3/t19-/m0/s1. The molecule has 0 fully saturated rings. The van der Waals surface area contributed by atoms with E-state index in [1.807, 2.05) is 70.2 Å². The molecule has 0 unspecified atom stereocenters. The molecule has 2 heterocycles. The third kappa shape index (κ3) is 3.65. The van der Waals surface area contributed by atoms with Gasteiger partial charge in [0.2, 0.25) is 0 Å². The number of rotatable bonds is 3. The Morgan fingerprint density at radius 2 is 1.72 bits per heavy atom. The lowest BCUT2D eigenvalue weighted by atomic mass is 9.86. The third-order valence-electron chi connectivity index (χ3n) is 5.26. The molecule has 4 rings (SSSR count). The number of nitrogens with zero attached hydrogens (tertiary/aromatic N) is 2.